The van der Waals surface area contributed by atoms with Crippen molar-refractivity contribution in [2.45, 2.75) is 46.6 Å². The molecule has 242 valence electrons. The van der Waals surface area contributed by atoms with E-state index >= 15 is 0 Å². The fraction of sp³-hybridized carbons (Fsp3) is 0.297. The number of hydrogen-bond donors (Lipinski definition) is 2. The number of nitrogens with two attached hydrogens (primary N) is 1. The molecular formula is C37H46N6O3. The van der Waals surface area contributed by atoms with Crippen LogP contribution in [0.2, 0.25) is 0 Å². The summed E-state index contributed by atoms with van der Waals surface area (Å²) in [5.74, 6) is 0.805. The molecule has 3 N–H and O–H groups in total. The summed E-state index contributed by atoms with van der Waals surface area (Å²) in [4.78, 5) is 35.5. The van der Waals surface area contributed by atoms with E-state index in [-0.39, 0.29) is 11.6 Å². The van der Waals surface area contributed by atoms with Gasteiger partial charge in [-0.2, -0.15) is 0 Å². The van der Waals surface area contributed by atoms with Crippen LogP contribution in [0.4, 0.5) is 11.4 Å². The van der Waals surface area contributed by atoms with Crippen molar-refractivity contribution in [3.8, 4) is 11.5 Å². The number of primary amides is 1. The number of anilines is 2. The molecule has 4 heterocycles. The first-order chi connectivity index (χ1) is 22.4. The maximum atomic E-state index is 11.8. The van der Waals surface area contributed by atoms with Gasteiger partial charge in [0.2, 0.25) is 5.91 Å². The number of pyridine rings is 2. The number of para-hydroxylation sites is 1. The third kappa shape index (κ3) is 11.5. The van der Waals surface area contributed by atoms with Gasteiger partial charge < -0.3 is 20.7 Å². The Morgan fingerprint density at radius 2 is 1.63 bits per heavy atom. The molecule has 46 heavy (non-hydrogen) atoms. The molecule has 0 atom stereocenters. The number of nitrogens with zero attached hydrogens (tertiary/aromatic N) is 4. The summed E-state index contributed by atoms with van der Waals surface area (Å²) < 4.78 is 5.52. The van der Waals surface area contributed by atoms with Gasteiger partial charge in [-0.05, 0) is 67.3 Å². The third-order valence-electron chi connectivity index (χ3n) is 7.07. The minimum absolute atomic E-state index is 0.141. The van der Waals surface area contributed by atoms with Crippen molar-refractivity contribution in [2.75, 3.05) is 36.4 Å². The summed E-state index contributed by atoms with van der Waals surface area (Å²) in [6, 6.07) is 23.2. The minimum atomic E-state index is -0.571. The molecule has 2 aliphatic heterocycles. The summed E-state index contributed by atoms with van der Waals surface area (Å²) in [5.41, 5.74) is 10.1. The molecule has 4 aromatic rings. The topological polar surface area (TPSA) is 114 Å². The molecule has 2 amide bonds. The number of ether oxygens (including phenoxy) is 1. The van der Waals surface area contributed by atoms with Crippen LogP contribution in [-0.2, 0) is 17.8 Å². The Hall–Kier alpha value is -5.02. The normalized spacial score (nSPS) is 13.8. The maximum absolute atomic E-state index is 11.8. The van der Waals surface area contributed by atoms with E-state index in [9.17, 15) is 9.59 Å². The zero-order valence-corrected chi connectivity index (χ0v) is 27.2. The lowest BCUT2D eigenvalue weighted by molar-refractivity contribution is -0.116. The fourth-order valence-electron chi connectivity index (χ4n) is 4.92. The van der Waals surface area contributed by atoms with E-state index in [2.05, 4.69) is 62.0 Å². The molecule has 2 aromatic carbocycles. The Bertz CT molecular complexity index is 1510. The number of carbonyl (C=O) groups is 2. The second-order valence-corrected chi connectivity index (χ2v) is 10.4. The average molecular weight is 623 g/mol. The molecule has 0 radical (unpaired) electrons. The van der Waals surface area contributed by atoms with Crippen LogP contribution >= 0.6 is 0 Å². The van der Waals surface area contributed by atoms with Gasteiger partial charge in [-0.1, -0.05) is 50.3 Å². The second-order valence-electron chi connectivity index (χ2n) is 10.4. The molecule has 6 rings (SSSR count). The highest BCUT2D eigenvalue weighted by atomic mass is 16.5. The predicted molar refractivity (Wildman–Crippen MR) is 186 cm³/mol. The van der Waals surface area contributed by atoms with E-state index < -0.39 is 5.91 Å². The van der Waals surface area contributed by atoms with Crippen LogP contribution in [0.1, 0.15) is 55.2 Å². The zero-order valence-electron chi connectivity index (χ0n) is 27.2. The number of aromatic nitrogens is 2. The van der Waals surface area contributed by atoms with Crippen LogP contribution in [0.5, 0.6) is 11.5 Å². The Morgan fingerprint density at radius 1 is 0.935 bits per heavy atom. The SMILES string of the molecule is C=CC.CC.NC(=O)c1cc(Oc2ccccc2)ccn1.O=C1CCCc2ccc(CN3CCN(c4ccncc4)CC3)cc2N1. The van der Waals surface area contributed by atoms with E-state index in [4.69, 9.17) is 10.5 Å². The maximum Gasteiger partial charge on any atom is 0.267 e. The van der Waals surface area contributed by atoms with E-state index in [1.807, 2.05) is 63.5 Å². The number of amides is 2. The van der Waals surface area contributed by atoms with E-state index in [0.29, 0.717) is 17.9 Å². The Balaban J connectivity index is 0.000000236. The van der Waals surface area contributed by atoms with Gasteiger partial charge in [0.25, 0.3) is 5.91 Å². The molecule has 2 aromatic heterocycles. The molecular weight excluding hydrogens is 576 g/mol. The first-order valence-electron chi connectivity index (χ1n) is 15.8. The third-order valence-corrected chi connectivity index (χ3v) is 7.07. The van der Waals surface area contributed by atoms with Crippen molar-refractivity contribution < 1.29 is 14.3 Å². The largest absolute Gasteiger partial charge is 0.457 e. The summed E-state index contributed by atoms with van der Waals surface area (Å²) in [5, 5.41) is 3.06. The summed E-state index contributed by atoms with van der Waals surface area (Å²) in [6.07, 6.45) is 9.49. The van der Waals surface area contributed by atoms with Gasteiger partial charge in [-0.3, -0.25) is 24.5 Å². The van der Waals surface area contributed by atoms with Crippen molar-refractivity contribution in [2.24, 2.45) is 5.73 Å². The number of aryl methyl sites for hydroxylation is 1. The Kier molecular flexibility index (Phi) is 14.9. The van der Waals surface area contributed by atoms with Crippen molar-refractivity contribution in [1.29, 1.82) is 0 Å². The van der Waals surface area contributed by atoms with Crippen LogP contribution in [-0.4, -0.2) is 52.9 Å². The van der Waals surface area contributed by atoms with Gasteiger partial charge in [0.05, 0.1) is 0 Å². The van der Waals surface area contributed by atoms with Crippen molar-refractivity contribution in [3.05, 3.63) is 121 Å². The van der Waals surface area contributed by atoms with Crippen LogP contribution in [0.3, 0.4) is 0 Å². The molecule has 2 aliphatic rings. The molecule has 1 fully saturated rings. The number of benzene rings is 2. The highest BCUT2D eigenvalue weighted by molar-refractivity contribution is 5.92. The molecule has 0 bridgehead atoms. The quantitative estimate of drug-likeness (QED) is 0.226. The van der Waals surface area contributed by atoms with Crippen LogP contribution in [0, 0.1) is 0 Å². The lowest BCUT2D eigenvalue weighted by Gasteiger charge is -2.36. The number of hydrogen-bond acceptors (Lipinski definition) is 7. The number of fused-ring (bicyclic) bond motifs is 1. The van der Waals surface area contributed by atoms with E-state index in [1.54, 1.807) is 12.1 Å². The van der Waals surface area contributed by atoms with Crippen LogP contribution in [0.15, 0.2) is 104 Å². The van der Waals surface area contributed by atoms with Gasteiger partial charge >= 0.3 is 0 Å². The highest BCUT2D eigenvalue weighted by Gasteiger charge is 2.18. The molecule has 0 unspecified atom stereocenters. The van der Waals surface area contributed by atoms with E-state index in [0.717, 1.165) is 51.3 Å². The van der Waals surface area contributed by atoms with Crippen molar-refractivity contribution in [3.63, 3.8) is 0 Å². The fourth-order valence-corrected chi connectivity index (χ4v) is 4.92. The monoisotopic (exact) mass is 622 g/mol. The predicted octanol–water partition coefficient (Wildman–Crippen LogP) is 6.87. The summed E-state index contributed by atoms with van der Waals surface area (Å²) in [6.45, 7) is 14.3. The number of carbonyl (C=O) groups excluding carboxylic acids is 2. The molecule has 0 saturated carbocycles. The molecule has 0 aliphatic carbocycles. The van der Waals surface area contributed by atoms with Gasteiger partial charge in [0, 0.05) is 75.2 Å². The lowest BCUT2D eigenvalue weighted by atomic mass is 10.0. The molecule has 1 saturated heterocycles. The first-order valence-corrected chi connectivity index (χ1v) is 15.8. The molecule has 0 spiro atoms. The highest BCUT2D eigenvalue weighted by Crippen LogP contribution is 2.25. The van der Waals surface area contributed by atoms with Gasteiger partial charge in [-0.25, -0.2) is 0 Å². The van der Waals surface area contributed by atoms with Crippen LogP contribution in [0.25, 0.3) is 0 Å². The summed E-state index contributed by atoms with van der Waals surface area (Å²) >= 11 is 0. The van der Waals surface area contributed by atoms with Crippen LogP contribution < -0.4 is 20.7 Å². The van der Waals surface area contributed by atoms with Gasteiger partial charge in [0.15, 0.2) is 0 Å². The summed E-state index contributed by atoms with van der Waals surface area (Å²) in [7, 11) is 0. The number of allylic oxidation sites excluding steroid dienone is 1. The van der Waals surface area contributed by atoms with Gasteiger partial charge in [0.1, 0.15) is 17.2 Å². The smallest absolute Gasteiger partial charge is 0.267 e. The molecule has 9 nitrogen and oxygen atoms in total. The lowest BCUT2D eigenvalue weighted by Crippen LogP contribution is -2.45. The Morgan fingerprint density at radius 3 is 2.30 bits per heavy atom. The Labute approximate surface area is 273 Å². The average Bonchev–Trinajstić information content (AvgIpc) is 3.28. The minimum Gasteiger partial charge on any atom is -0.457 e. The first kappa shape index (κ1) is 35.5. The number of nitrogens with one attached hydrogen (secondary N) is 1. The number of rotatable bonds is 6. The van der Waals surface area contributed by atoms with Crippen molar-refractivity contribution in [1.82, 2.24) is 14.9 Å². The standard InChI is InChI=1S/C20H24N4O.C12H10N2O2.C3H6.C2H6/c25-20-3-1-2-17-5-4-16(14-19(17)22-20)15-23-10-12-24(13-11-23)18-6-8-21-9-7-18;13-12(15)11-8-10(6-7-14-11)16-9-4-2-1-3-5-9;1-3-2;1-2/h4-9,14H,1-3,10-13,15H2,(H,22,25);1-8H,(H2,13,15);3H,1H2,2H3;1-2H3. The van der Waals surface area contributed by atoms with Gasteiger partial charge in [-0.15, -0.1) is 6.58 Å². The number of piperazine rings is 1. The van der Waals surface area contributed by atoms with Crippen molar-refractivity contribution >= 4 is 23.2 Å². The second kappa shape index (κ2) is 19.4. The van der Waals surface area contributed by atoms with E-state index in [1.165, 1.54) is 29.1 Å². The molecule has 9 heteroatoms. The zero-order chi connectivity index (χ0) is 33.1.